The van der Waals surface area contributed by atoms with E-state index < -0.39 is 0 Å². The summed E-state index contributed by atoms with van der Waals surface area (Å²) in [5.74, 6) is 0.000112. The number of rotatable bonds is 5. The fraction of sp³-hybridized carbons (Fsp3) is 0.417. The molecule has 0 saturated carbocycles. The van der Waals surface area contributed by atoms with Gasteiger partial charge in [-0.25, -0.2) is 0 Å². The summed E-state index contributed by atoms with van der Waals surface area (Å²) < 4.78 is 0. The molecule has 88 valence electrons. The number of halogens is 1. The first-order valence-electron chi connectivity index (χ1n) is 5.48. The van der Waals surface area contributed by atoms with Gasteiger partial charge in [-0.05, 0) is 24.6 Å². The van der Waals surface area contributed by atoms with Crippen LogP contribution < -0.4 is 11.1 Å². The second-order valence-electron chi connectivity index (χ2n) is 3.74. The Bertz CT molecular complexity index is 366. The van der Waals surface area contributed by atoms with Crippen molar-refractivity contribution in [1.29, 1.82) is 0 Å². The van der Waals surface area contributed by atoms with Gasteiger partial charge in [-0.1, -0.05) is 31.4 Å². The van der Waals surface area contributed by atoms with E-state index in [4.69, 9.17) is 17.3 Å². The number of nitrogens with one attached hydrogen (secondary N) is 1. The van der Waals surface area contributed by atoms with Crippen LogP contribution in [0.1, 0.15) is 32.6 Å². The van der Waals surface area contributed by atoms with E-state index in [0.29, 0.717) is 22.8 Å². The molecule has 0 aromatic heterocycles. The van der Waals surface area contributed by atoms with Gasteiger partial charge in [-0.2, -0.15) is 0 Å². The molecule has 1 aromatic rings. The molecule has 0 saturated heterocycles. The first kappa shape index (κ1) is 12.8. The zero-order chi connectivity index (χ0) is 12.0. The maximum absolute atomic E-state index is 11.5. The lowest BCUT2D eigenvalue weighted by atomic mass is 10.2. The Morgan fingerprint density at radius 1 is 1.44 bits per heavy atom. The molecule has 4 heteroatoms. The second-order valence-corrected chi connectivity index (χ2v) is 4.15. The number of benzene rings is 1. The van der Waals surface area contributed by atoms with Gasteiger partial charge in [0.05, 0.1) is 10.7 Å². The molecule has 3 nitrogen and oxygen atoms in total. The molecule has 0 heterocycles. The highest BCUT2D eigenvalue weighted by atomic mass is 35.5. The van der Waals surface area contributed by atoms with Crippen molar-refractivity contribution in [1.82, 2.24) is 0 Å². The summed E-state index contributed by atoms with van der Waals surface area (Å²) in [6, 6.07) is 5.06. The number of unbranched alkanes of at least 4 members (excludes halogenated alkanes) is 2. The summed E-state index contributed by atoms with van der Waals surface area (Å²) in [4.78, 5) is 11.5. The lowest BCUT2D eigenvalue weighted by Crippen LogP contribution is -2.11. The number of carbonyl (C=O) groups is 1. The van der Waals surface area contributed by atoms with Crippen LogP contribution in [-0.2, 0) is 4.79 Å². The van der Waals surface area contributed by atoms with Crippen LogP contribution in [0.2, 0.25) is 5.02 Å². The molecule has 0 aliphatic heterocycles. The first-order valence-corrected chi connectivity index (χ1v) is 5.86. The van der Waals surface area contributed by atoms with Crippen LogP contribution in [0.4, 0.5) is 11.4 Å². The topological polar surface area (TPSA) is 55.1 Å². The normalized spacial score (nSPS) is 10.1. The third-order valence-corrected chi connectivity index (χ3v) is 2.59. The van der Waals surface area contributed by atoms with Crippen LogP contribution in [-0.4, -0.2) is 5.91 Å². The highest BCUT2D eigenvalue weighted by molar-refractivity contribution is 6.34. The van der Waals surface area contributed by atoms with Crippen LogP contribution in [0.3, 0.4) is 0 Å². The molecule has 0 aliphatic rings. The van der Waals surface area contributed by atoms with Crippen molar-refractivity contribution >= 4 is 28.9 Å². The Morgan fingerprint density at radius 3 is 2.81 bits per heavy atom. The molecule has 1 aromatic carbocycles. The fourth-order valence-corrected chi connectivity index (χ4v) is 1.62. The monoisotopic (exact) mass is 240 g/mol. The third-order valence-electron chi connectivity index (χ3n) is 2.27. The number of nitrogens with two attached hydrogens (primary N) is 1. The summed E-state index contributed by atoms with van der Waals surface area (Å²) in [6.45, 7) is 2.11. The Morgan fingerprint density at radius 2 is 2.19 bits per heavy atom. The van der Waals surface area contributed by atoms with E-state index in [1.807, 2.05) is 0 Å². The van der Waals surface area contributed by atoms with Gasteiger partial charge in [0.15, 0.2) is 0 Å². The van der Waals surface area contributed by atoms with Crippen molar-refractivity contribution in [2.75, 3.05) is 11.1 Å². The number of hydrogen-bond acceptors (Lipinski definition) is 2. The Hall–Kier alpha value is -1.22. The molecule has 0 fully saturated rings. The number of nitrogen functional groups attached to an aromatic ring is 1. The van der Waals surface area contributed by atoms with Crippen molar-refractivity contribution in [2.24, 2.45) is 0 Å². The van der Waals surface area contributed by atoms with E-state index >= 15 is 0 Å². The number of anilines is 2. The molecule has 0 unspecified atom stereocenters. The zero-order valence-corrected chi connectivity index (χ0v) is 10.2. The van der Waals surface area contributed by atoms with Crippen molar-refractivity contribution in [3.63, 3.8) is 0 Å². The smallest absolute Gasteiger partial charge is 0.224 e. The van der Waals surface area contributed by atoms with E-state index in [-0.39, 0.29) is 5.91 Å². The minimum Gasteiger partial charge on any atom is -0.399 e. The Balaban J connectivity index is 2.49. The molecule has 16 heavy (non-hydrogen) atoms. The minimum atomic E-state index is 0.000112. The van der Waals surface area contributed by atoms with E-state index in [0.717, 1.165) is 19.3 Å². The highest BCUT2D eigenvalue weighted by Crippen LogP contribution is 2.24. The van der Waals surface area contributed by atoms with Gasteiger partial charge >= 0.3 is 0 Å². The molecule has 0 atom stereocenters. The largest absolute Gasteiger partial charge is 0.399 e. The predicted octanol–water partition coefficient (Wildman–Crippen LogP) is 3.44. The first-order chi connectivity index (χ1) is 7.63. The maximum Gasteiger partial charge on any atom is 0.224 e. The van der Waals surface area contributed by atoms with Gasteiger partial charge in [-0.3, -0.25) is 4.79 Å². The summed E-state index contributed by atoms with van der Waals surface area (Å²) in [5, 5.41) is 3.25. The van der Waals surface area contributed by atoms with Crippen molar-refractivity contribution < 1.29 is 4.79 Å². The molecule has 0 bridgehead atoms. The Kier molecular flexibility index (Phi) is 5.12. The molecular weight excluding hydrogens is 224 g/mol. The van der Waals surface area contributed by atoms with Crippen molar-refractivity contribution in [2.45, 2.75) is 32.6 Å². The van der Waals surface area contributed by atoms with E-state index in [9.17, 15) is 4.79 Å². The van der Waals surface area contributed by atoms with Gasteiger partial charge in [0.2, 0.25) is 5.91 Å². The number of hydrogen-bond donors (Lipinski definition) is 2. The lowest BCUT2D eigenvalue weighted by molar-refractivity contribution is -0.116. The molecule has 0 spiro atoms. The summed E-state index contributed by atoms with van der Waals surface area (Å²) in [6.07, 6.45) is 3.63. The molecule has 1 rings (SSSR count). The number of carbonyl (C=O) groups excluding carboxylic acids is 1. The fourth-order valence-electron chi connectivity index (χ4n) is 1.38. The van der Waals surface area contributed by atoms with Crippen LogP contribution in [0.15, 0.2) is 18.2 Å². The van der Waals surface area contributed by atoms with E-state index in [1.54, 1.807) is 18.2 Å². The molecule has 0 aliphatic carbocycles. The highest BCUT2D eigenvalue weighted by Gasteiger charge is 2.05. The van der Waals surface area contributed by atoms with Gasteiger partial charge in [0.1, 0.15) is 0 Å². The van der Waals surface area contributed by atoms with Crippen molar-refractivity contribution in [3.8, 4) is 0 Å². The van der Waals surface area contributed by atoms with Gasteiger partial charge < -0.3 is 11.1 Å². The lowest BCUT2D eigenvalue weighted by Gasteiger charge is -2.07. The average molecular weight is 241 g/mol. The minimum absolute atomic E-state index is 0.000112. The van der Waals surface area contributed by atoms with E-state index in [1.165, 1.54) is 0 Å². The zero-order valence-electron chi connectivity index (χ0n) is 9.42. The van der Waals surface area contributed by atoms with Crippen LogP contribution >= 0.6 is 11.6 Å². The summed E-state index contributed by atoms with van der Waals surface area (Å²) in [5.41, 5.74) is 6.77. The number of amides is 1. The van der Waals surface area contributed by atoms with Crippen molar-refractivity contribution in [3.05, 3.63) is 23.2 Å². The second kappa shape index (κ2) is 6.38. The van der Waals surface area contributed by atoms with Gasteiger partial charge in [-0.15, -0.1) is 0 Å². The average Bonchev–Trinajstić information content (AvgIpc) is 2.23. The van der Waals surface area contributed by atoms with Crippen LogP contribution in [0, 0.1) is 0 Å². The molecular formula is C12H17ClN2O. The predicted molar refractivity (Wildman–Crippen MR) is 68.6 cm³/mol. The van der Waals surface area contributed by atoms with Gasteiger partial charge in [0.25, 0.3) is 0 Å². The van der Waals surface area contributed by atoms with E-state index in [2.05, 4.69) is 12.2 Å². The molecule has 3 N–H and O–H groups in total. The molecule has 1 amide bonds. The van der Waals surface area contributed by atoms with Crippen LogP contribution in [0.25, 0.3) is 0 Å². The third kappa shape index (κ3) is 4.11. The molecule has 0 radical (unpaired) electrons. The van der Waals surface area contributed by atoms with Gasteiger partial charge in [0, 0.05) is 12.1 Å². The van der Waals surface area contributed by atoms with Crippen LogP contribution in [0.5, 0.6) is 0 Å². The maximum atomic E-state index is 11.5. The summed E-state index contributed by atoms with van der Waals surface area (Å²) in [7, 11) is 0. The summed E-state index contributed by atoms with van der Waals surface area (Å²) >= 11 is 5.94. The SMILES string of the molecule is CCCCCC(=O)Nc1ccc(N)cc1Cl. The Labute approximate surface area is 101 Å². The standard InChI is InChI=1S/C12H17ClN2O/c1-2-3-4-5-12(16)15-11-7-6-9(14)8-10(11)13/h6-8H,2-5,14H2,1H3,(H,15,16). The quantitative estimate of drug-likeness (QED) is 0.612.